The Hall–Kier alpha value is -2.12. The fourth-order valence-corrected chi connectivity index (χ4v) is 7.50. The van der Waals surface area contributed by atoms with Gasteiger partial charge in [0.2, 0.25) is 0 Å². The first kappa shape index (κ1) is 33.8. The lowest BCUT2D eigenvalue weighted by Gasteiger charge is -2.36. The lowest BCUT2D eigenvalue weighted by molar-refractivity contribution is 0.0433. The fourth-order valence-electron chi connectivity index (χ4n) is 6.50. The molecule has 0 radical (unpaired) electrons. The van der Waals surface area contributed by atoms with Gasteiger partial charge in [0, 0.05) is 46.9 Å². The van der Waals surface area contributed by atoms with Crippen molar-refractivity contribution in [1.29, 1.82) is 0 Å². The van der Waals surface area contributed by atoms with Gasteiger partial charge in [-0.2, -0.15) is 0 Å². The predicted octanol–water partition coefficient (Wildman–Crippen LogP) is 9.03. The molecular weight excluding hydrogens is 554 g/mol. The third-order valence-corrected chi connectivity index (χ3v) is 10.4. The van der Waals surface area contributed by atoms with Crippen molar-refractivity contribution in [1.82, 2.24) is 4.90 Å². The van der Waals surface area contributed by atoms with Crippen molar-refractivity contribution in [3.8, 4) is 11.5 Å². The van der Waals surface area contributed by atoms with Crippen LogP contribution < -0.4 is 9.47 Å². The summed E-state index contributed by atoms with van der Waals surface area (Å²) < 4.78 is 25.4. The molecule has 0 amide bonds. The number of fused-ring (bicyclic) bond motifs is 2. The van der Waals surface area contributed by atoms with Gasteiger partial charge in [-0.1, -0.05) is 52.0 Å². The van der Waals surface area contributed by atoms with Crippen LogP contribution >= 0.6 is 11.3 Å². The second-order valence-corrected chi connectivity index (χ2v) is 13.9. The van der Waals surface area contributed by atoms with Crippen molar-refractivity contribution in [3.05, 3.63) is 58.5 Å². The highest BCUT2D eigenvalue weighted by molar-refractivity contribution is 7.19. The van der Waals surface area contributed by atoms with Crippen LogP contribution in [-0.4, -0.2) is 57.6 Å². The van der Waals surface area contributed by atoms with Crippen LogP contribution in [0.4, 0.5) is 0 Å². The molecule has 0 bridgehead atoms. The van der Waals surface area contributed by atoms with E-state index in [1.165, 1.54) is 58.3 Å². The van der Waals surface area contributed by atoms with Crippen molar-refractivity contribution in [2.45, 2.75) is 97.8 Å². The molecule has 1 aromatic heterocycles. The van der Waals surface area contributed by atoms with Crippen LogP contribution in [0.25, 0.3) is 10.1 Å². The minimum absolute atomic E-state index is 0.0197. The summed E-state index contributed by atoms with van der Waals surface area (Å²) in [4.78, 5) is 4.07. The zero-order valence-corrected chi connectivity index (χ0v) is 28.7. The van der Waals surface area contributed by atoms with Crippen LogP contribution in [0, 0.1) is 18.8 Å². The SMILES string of the molecule is CC.COC[C@@H]1Oc2c(OC)ccc(C)c2C1(C)CCN(CC1CC1)C(C)CCC(C)COCc1cc2ccccc2s1. The number of thiophene rings is 1. The number of benzene rings is 2. The largest absolute Gasteiger partial charge is 0.493 e. The molecule has 1 aliphatic carbocycles. The molecule has 5 nitrogen and oxygen atoms in total. The Morgan fingerprint density at radius 1 is 1.07 bits per heavy atom. The first-order chi connectivity index (χ1) is 20.8. The molecule has 0 N–H and O–H groups in total. The van der Waals surface area contributed by atoms with Gasteiger partial charge in [-0.25, -0.2) is 0 Å². The molecule has 2 aromatic carbocycles. The number of methoxy groups -OCH3 is 2. The summed E-state index contributed by atoms with van der Waals surface area (Å²) in [5, 5.41) is 1.32. The molecule has 6 heteroatoms. The molecule has 1 saturated carbocycles. The van der Waals surface area contributed by atoms with E-state index in [0.29, 0.717) is 25.2 Å². The number of aryl methyl sites for hydroxylation is 1. The molecule has 3 unspecified atom stereocenters. The van der Waals surface area contributed by atoms with Gasteiger partial charge in [-0.15, -0.1) is 11.3 Å². The predicted molar refractivity (Wildman–Crippen MR) is 181 cm³/mol. The van der Waals surface area contributed by atoms with Gasteiger partial charge in [0.15, 0.2) is 11.5 Å². The fraction of sp³-hybridized carbons (Fsp3) is 0.622. The lowest BCUT2D eigenvalue weighted by Crippen LogP contribution is -2.44. The Morgan fingerprint density at radius 3 is 2.53 bits per heavy atom. The standard InChI is InChI=1S/C35H49NO4S.C2H6/c1-24(21-39-22-29-19-28-9-7-8-10-31(28)41-29)11-13-26(3)36(20-27-14-15-27)18-17-35(4)32(23-37-5)40-34-30(38-6)16-12-25(2)33(34)35;1-2/h7-10,12,16,19,24,26-27,32H,11,13-15,17-18,20-23H2,1-6H3;1-2H3/t24?,26?,32-,35?;/m0./s1. The van der Waals surface area contributed by atoms with Crippen LogP contribution in [0.3, 0.4) is 0 Å². The Balaban J connectivity index is 0.00000207. The molecule has 2 heterocycles. The number of rotatable bonds is 16. The molecule has 238 valence electrons. The van der Waals surface area contributed by atoms with E-state index in [4.69, 9.17) is 18.9 Å². The summed E-state index contributed by atoms with van der Waals surface area (Å²) in [6.45, 7) is 17.7. The maximum absolute atomic E-state index is 6.54. The third kappa shape index (κ3) is 8.33. The minimum Gasteiger partial charge on any atom is -0.493 e. The van der Waals surface area contributed by atoms with E-state index < -0.39 is 0 Å². The number of hydrogen-bond acceptors (Lipinski definition) is 6. The van der Waals surface area contributed by atoms with Gasteiger partial charge < -0.3 is 23.8 Å². The molecular formula is C37H55NO4S. The van der Waals surface area contributed by atoms with E-state index in [0.717, 1.165) is 37.0 Å². The summed E-state index contributed by atoms with van der Waals surface area (Å²) in [6.07, 6.45) is 6.13. The van der Waals surface area contributed by atoms with Gasteiger partial charge in [0.25, 0.3) is 0 Å². The van der Waals surface area contributed by atoms with Gasteiger partial charge >= 0.3 is 0 Å². The minimum atomic E-state index is -0.126. The van der Waals surface area contributed by atoms with Crippen molar-refractivity contribution in [2.75, 3.05) is 40.5 Å². The topological polar surface area (TPSA) is 40.2 Å². The van der Waals surface area contributed by atoms with E-state index in [9.17, 15) is 0 Å². The number of hydrogen-bond donors (Lipinski definition) is 0. The van der Waals surface area contributed by atoms with E-state index in [2.05, 4.69) is 69.0 Å². The van der Waals surface area contributed by atoms with Gasteiger partial charge in [-0.3, -0.25) is 0 Å². The molecule has 5 rings (SSSR count). The quantitative estimate of drug-likeness (QED) is 0.162. The normalized spacial score (nSPS) is 20.8. The van der Waals surface area contributed by atoms with E-state index in [1.54, 1.807) is 14.2 Å². The molecule has 1 fully saturated rings. The molecule has 3 aromatic rings. The third-order valence-electron chi connectivity index (χ3n) is 9.34. The van der Waals surface area contributed by atoms with Crippen LogP contribution in [0.15, 0.2) is 42.5 Å². The highest BCUT2D eigenvalue weighted by Crippen LogP contribution is 2.51. The van der Waals surface area contributed by atoms with Gasteiger partial charge in [0.05, 0.1) is 20.3 Å². The summed E-state index contributed by atoms with van der Waals surface area (Å²) >= 11 is 1.84. The van der Waals surface area contributed by atoms with E-state index >= 15 is 0 Å². The molecule has 4 atom stereocenters. The molecule has 0 spiro atoms. The second kappa shape index (κ2) is 15.7. The van der Waals surface area contributed by atoms with Crippen molar-refractivity contribution in [3.63, 3.8) is 0 Å². The smallest absolute Gasteiger partial charge is 0.165 e. The summed E-state index contributed by atoms with van der Waals surface area (Å²) in [5.41, 5.74) is 2.44. The van der Waals surface area contributed by atoms with E-state index in [1.807, 2.05) is 31.3 Å². The van der Waals surface area contributed by atoms with Crippen LogP contribution in [-0.2, 0) is 21.5 Å². The Morgan fingerprint density at radius 2 is 1.84 bits per heavy atom. The van der Waals surface area contributed by atoms with E-state index in [-0.39, 0.29) is 11.5 Å². The maximum atomic E-state index is 6.54. The zero-order valence-electron chi connectivity index (χ0n) is 27.9. The first-order valence-electron chi connectivity index (χ1n) is 16.4. The van der Waals surface area contributed by atoms with Crippen LogP contribution in [0.2, 0.25) is 0 Å². The monoisotopic (exact) mass is 609 g/mol. The Labute approximate surface area is 264 Å². The highest BCUT2D eigenvalue weighted by atomic mass is 32.1. The van der Waals surface area contributed by atoms with Crippen molar-refractivity contribution >= 4 is 21.4 Å². The zero-order chi connectivity index (χ0) is 31.0. The van der Waals surface area contributed by atoms with Gasteiger partial charge in [0.1, 0.15) is 6.10 Å². The summed E-state index contributed by atoms with van der Waals surface area (Å²) in [6, 6.07) is 15.6. The summed E-state index contributed by atoms with van der Waals surface area (Å²) in [7, 11) is 3.50. The molecule has 0 saturated heterocycles. The Kier molecular flexibility index (Phi) is 12.4. The van der Waals surface area contributed by atoms with Gasteiger partial charge in [-0.05, 0) is 93.5 Å². The Bertz CT molecular complexity index is 1250. The van der Waals surface area contributed by atoms with Crippen molar-refractivity contribution in [2.24, 2.45) is 11.8 Å². The average molecular weight is 610 g/mol. The van der Waals surface area contributed by atoms with Crippen LogP contribution in [0.5, 0.6) is 11.5 Å². The number of ether oxygens (including phenoxy) is 4. The second-order valence-electron chi connectivity index (χ2n) is 12.8. The lowest BCUT2D eigenvalue weighted by atomic mass is 9.74. The molecule has 2 aliphatic rings. The summed E-state index contributed by atoms with van der Waals surface area (Å²) in [5.74, 6) is 3.13. The highest BCUT2D eigenvalue weighted by Gasteiger charge is 2.47. The maximum Gasteiger partial charge on any atom is 0.165 e. The van der Waals surface area contributed by atoms with Crippen LogP contribution in [0.1, 0.15) is 82.7 Å². The average Bonchev–Trinajstić information content (AvgIpc) is 3.66. The van der Waals surface area contributed by atoms with Crippen molar-refractivity contribution < 1.29 is 18.9 Å². The molecule has 43 heavy (non-hydrogen) atoms. The first-order valence-corrected chi connectivity index (χ1v) is 17.3. The number of nitrogens with zero attached hydrogens (tertiary/aromatic N) is 1. The molecule has 1 aliphatic heterocycles.